The first-order valence-electron chi connectivity index (χ1n) is 9.97. The Labute approximate surface area is 179 Å². The second-order valence-electron chi connectivity index (χ2n) is 7.08. The molecule has 0 amide bonds. The van der Waals surface area contributed by atoms with Gasteiger partial charge in [0.15, 0.2) is 0 Å². The molecule has 1 aliphatic heterocycles. The van der Waals surface area contributed by atoms with E-state index in [-0.39, 0.29) is 5.69 Å². The summed E-state index contributed by atoms with van der Waals surface area (Å²) in [5.41, 5.74) is 5.21. The van der Waals surface area contributed by atoms with Crippen LogP contribution in [0.5, 0.6) is 0 Å². The number of nitrogens with zero attached hydrogens (tertiary/aromatic N) is 6. The Morgan fingerprint density at radius 3 is 2.35 bits per heavy atom. The van der Waals surface area contributed by atoms with Gasteiger partial charge in [-0.1, -0.05) is 18.2 Å². The van der Waals surface area contributed by atoms with Crippen LogP contribution in [0, 0.1) is 10.1 Å². The largest absolute Gasteiger partial charge is 0.341 e. The van der Waals surface area contributed by atoms with Gasteiger partial charge >= 0.3 is 0 Å². The summed E-state index contributed by atoms with van der Waals surface area (Å²) in [6, 6.07) is 15.9. The molecule has 10 nitrogen and oxygen atoms in total. The highest BCUT2D eigenvalue weighted by molar-refractivity contribution is 5.99. The van der Waals surface area contributed by atoms with Gasteiger partial charge in [-0.3, -0.25) is 10.1 Å². The summed E-state index contributed by atoms with van der Waals surface area (Å²) in [5, 5.41) is 18.4. The number of rotatable bonds is 7. The van der Waals surface area contributed by atoms with Crippen molar-refractivity contribution in [3.05, 3.63) is 70.3 Å². The van der Waals surface area contributed by atoms with Gasteiger partial charge < -0.3 is 10.2 Å². The maximum absolute atomic E-state index is 10.8. The second kappa shape index (κ2) is 9.16. The number of benzene rings is 2. The summed E-state index contributed by atoms with van der Waals surface area (Å²) in [4.78, 5) is 26.0. The van der Waals surface area contributed by atoms with E-state index in [0.29, 0.717) is 23.6 Å². The lowest BCUT2D eigenvalue weighted by molar-refractivity contribution is -0.384. The summed E-state index contributed by atoms with van der Waals surface area (Å²) < 4.78 is 0. The Morgan fingerprint density at radius 1 is 1.00 bits per heavy atom. The average Bonchev–Trinajstić information content (AvgIpc) is 3.33. The van der Waals surface area contributed by atoms with E-state index in [1.165, 1.54) is 12.1 Å². The van der Waals surface area contributed by atoms with E-state index < -0.39 is 4.92 Å². The van der Waals surface area contributed by atoms with Gasteiger partial charge in [0.1, 0.15) is 0 Å². The smallest absolute Gasteiger partial charge is 0.269 e. The topological polar surface area (TPSA) is 121 Å². The SMILES string of the molecule is CC(=NNc1nc(Nc2ccccc2)nc(N2CCCC2)n1)c1ccc([N+](=O)[O-])cc1. The molecule has 0 aliphatic carbocycles. The molecule has 0 bridgehead atoms. The van der Waals surface area contributed by atoms with Gasteiger partial charge in [0.05, 0.1) is 10.6 Å². The number of anilines is 4. The van der Waals surface area contributed by atoms with Crippen LogP contribution in [-0.4, -0.2) is 38.7 Å². The molecule has 4 rings (SSSR count). The number of aromatic nitrogens is 3. The molecule has 158 valence electrons. The van der Waals surface area contributed by atoms with Gasteiger partial charge in [-0.2, -0.15) is 20.1 Å². The second-order valence-corrected chi connectivity index (χ2v) is 7.08. The Morgan fingerprint density at radius 2 is 1.68 bits per heavy atom. The highest BCUT2D eigenvalue weighted by Crippen LogP contribution is 2.21. The van der Waals surface area contributed by atoms with Crippen LogP contribution in [0.25, 0.3) is 0 Å². The minimum atomic E-state index is -0.430. The number of hydrogen-bond acceptors (Lipinski definition) is 9. The summed E-state index contributed by atoms with van der Waals surface area (Å²) in [6.45, 7) is 3.61. The van der Waals surface area contributed by atoms with Crippen molar-refractivity contribution in [1.82, 2.24) is 15.0 Å². The lowest BCUT2D eigenvalue weighted by atomic mass is 10.1. The first kappa shape index (κ1) is 20.2. The summed E-state index contributed by atoms with van der Waals surface area (Å²) in [6.07, 6.45) is 2.21. The van der Waals surface area contributed by atoms with E-state index in [2.05, 4.69) is 35.7 Å². The number of hydrazone groups is 1. The molecule has 2 aromatic carbocycles. The van der Waals surface area contributed by atoms with Crippen molar-refractivity contribution in [2.75, 3.05) is 28.7 Å². The molecule has 1 saturated heterocycles. The van der Waals surface area contributed by atoms with Crippen LogP contribution in [0.1, 0.15) is 25.3 Å². The normalized spacial score (nSPS) is 13.8. The molecule has 2 heterocycles. The zero-order valence-electron chi connectivity index (χ0n) is 17.0. The maximum Gasteiger partial charge on any atom is 0.269 e. The van der Waals surface area contributed by atoms with Crippen LogP contribution in [-0.2, 0) is 0 Å². The highest BCUT2D eigenvalue weighted by atomic mass is 16.6. The number of hydrogen-bond donors (Lipinski definition) is 2. The van der Waals surface area contributed by atoms with Crippen LogP contribution in [0.3, 0.4) is 0 Å². The summed E-state index contributed by atoms with van der Waals surface area (Å²) in [7, 11) is 0. The Hall–Kier alpha value is -4.08. The molecule has 0 unspecified atom stereocenters. The van der Waals surface area contributed by atoms with Crippen LogP contribution < -0.4 is 15.6 Å². The molecule has 0 atom stereocenters. The van der Waals surface area contributed by atoms with Crippen molar-refractivity contribution in [3.8, 4) is 0 Å². The van der Waals surface area contributed by atoms with Crippen molar-refractivity contribution >= 4 is 34.9 Å². The number of nitro groups is 1. The highest BCUT2D eigenvalue weighted by Gasteiger charge is 2.17. The van der Waals surface area contributed by atoms with Crippen molar-refractivity contribution in [2.24, 2.45) is 5.10 Å². The Bertz CT molecular complexity index is 1080. The predicted octanol–water partition coefficient (Wildman–Crippen LogP) is 3.96. The van der Waals surface area contributed by atoms with Gasteiger partial charge in [0.2, 0.25) is 17.8 Å². The summed E-state index contributed by atoms with van der Waals surface area (Å²) in [5.74, 6) is 1.34. The quantitative estimate of drug-likeness (QED) is 0.336. The molecule has 1 fully saturated rings. The molecule has 1 aliphatic rings. The third-order valence-corrected chi connectivity index (χ3v) is 4.86. The molecule has 0 spiro atoms. The third-order valence-electron chi connectivity index (χ3n) is 4.86. The Kier molecular flexibility index (Phi) is 5.97. The lowest BCUT2D eigenvalue weighted by Gasteiger charge is -2.16. The first-order chi connectivity index (χ1) is 15.1. The monoisotopic (exact) mass is 418 g/mol. The number of nitrogens with one attached hydrogen (secondary N) is 2. The standard InChI is InChI=1S/C21H22N8O2/c1-15(16-9-11-18(12-10-16)29(30)31)26-27-20-23-19(22-17-7-3-2-4-8-17)24-21(25-20)28-13-5-6-14-28/h2-4,7-12H,5-6,13-14H2,1H3,(H2,22,23,24,25,27). The van der Waals surface area contributed by atoms with Gasteiger partial charge in [0.25, 0.3) is 5.69 Å². The van der Waals surface area contributed by atoms with Crippen molar-refractivity contribution in [1.29, 1.82) is 0 Å². The van der Waals surface area contributed by atoms with E-state index in [9.17, 15) is 10.1 Å². The molecular weight excluding hydrogens is 396 g/mol. The molecular formula is C21H22N8O2. The first-order valence-corrected chi connectivity index (χ1v) is 9.97. The van der Waals surface area contributed by atoms with E-state index in [1.54, 1.807) is 19.1 Å². The molecule has 10 heteroatoms. The zero-order chi connectivity index (χ0) is 21.6. The minimum Gasteiger partial charge on any atom is -0.341 e. The third kappa shape index (κ3) is 5.10. The van der Waals surface area contributed by atoms with E-state index in [0.717, 1.165) is 37.2 Å². The molecule has 0 radical (unpaired) electrons. The van der Waals surface area contributed by atoms with E-state index in [1.807, 2.05) is 30.3 Å². The van der Waals surface area contributed by atoms with Crippen LogP contribution >= 0.6 is 0 Å². The molecule has 3 aromatic rings. The molecule has 0 saturated carbocycles. The Balaban J connectivity index is 1.57. The number of nitro benzene ring substituents is 1. The lowest BCUT2D eigenvalue weighted by Crippen LogP contribution is -2.22. The van der Waals surface area contributed by atoms with Crippen molar-refractivity contribution in [3.63, 3.8) is 0 Å². The summed E-state index contributed by atoms with van der Waals surface area (Å²) >= 11 is 0. The van der Waals surface area contributed by atoms with Crippen molar-refractivity contribution < 1.29 is 4.92 Å². The zero-order valence-corrected chi connectivity index (χ0v) is 17.0. The number of para-hydroxylation sites is 1. The van der Waals surface area contributed by atoms with Gasteiger partial charge in [-0.25, -0.2) is 5.43 Å². The van der Waals surface area contributed by atoms with Crippen LogP contribution in [0.4, 0.5) is 29.2 Å². The fourth-order valence-corrected chi connectivity index (χ4v) is 3.20. The average molecular weight is 418 g/mol. The predicted molar refractivity (Wildman–Crippen MR) is 120 cm³/mol. The number of non-ortho nitro benzene ring substituents is 1. The van der Waals surface area contributed by atoms with Gasteiger partial charge in [-0.05, 0) is 49.6 Å². The van der Waals surface area contributed by atoms with Crippen molar-refractivity contribution in [2.45, 2.75) is 19.8 Å². The van der Waals surface area contributed by atoms with E-state index in [4.69, 9.17) is 0 Å². The fraction of sp³-hybridized carbons (Fsp3) is 0.238. The van der Waals surface area contributed by atoms with Gasteiger partial charge in [0, 0.05) is 30.9 Å². The van der Waals surface area contributed by atoms with Crippen LogP contribution in [0.2, 0.25) is 0 Å². The van der Waals surface area contributed by atoms with Crippen LogP contribution in [0.15, 0.2) is 59.7 Å². The molecule has 31 heavy (non-hydrogen) atoms. The maximum atomic E-state index is 10.8. The molecule has 2 N–H and O–H groups in total. The minimum absolute atomic E-state index is 0.0360. The van der Waals surface area contributed by atoms with E-state index >= 15 is 0 Å². The molecule has 1 aromatic heterocycles. The fourth-order valence-electron chi connectivity index (χ4n) is 3.20. The van der Waals surface area contributed by atoms with Gasteiger partial charge in [-0.15, -0.1) is 0 Å².